The largest absolute Gasteiger partial charge is 0.471 e. The van der Waals surface area contributed by atoms with Crippen molar-refractivity contribution in [1.29, 1.82) is 0 Å². The number of amides is 1. The molecule has 0 saturated heterocycles. The summed E-state index contributed by atoms with van der Waals surface area (Å²) < 4.78 is 36.4. The number of alkyl halides is 3. The minimum Gasteiger partial charge on any atom is -0.342 e. The van der Waals surface area contributed by atoms with E-state index in [1.165, 1.54) is 6.92 Å². The fourth-order valence-electron chi connectivity index (χ4n) is 1.63. The lowest BCUT2D eigenvalue weighted by atomic mass is 9.86. The third-order valence-corrected chi connectivity index (χ3v) is 2.88. The van der Waals surface area contributed by atoms with Gasteiger partial charge in [0.15, 0.2) is 0 Å². The molecule has 106 valence electrons. The summed E-state index contributed by atoms with van der Waals surface area (Å²) in [5, 5.41) is 1.93. The van der Waals surface area contributed by atoms with Crippen LogP contribution in [0.1, 0.15) is 44.9 Å². The predicted molar refractivity (Wildman–Crippen MR) is 67.8 cm³/mol. The highest BCUT2D eigenvalue weighted by Gasteiger charge is 2.39. The Morgan fingerprint density at radius 2 is 1.58 bits per heavy atom. The Morgan fingerprint density at radius 3 is 1.95 bits per heavy atom. The van der Waals surface area contributed by atoms with Crippen molar-refractivity contribution in [3.63, 3.8) is 0 Å². The van der Waals surface area contributed by atoms with E-state index in [0.717, 1.165) is 5.56 Å². The lowest BCUT2D eigenvalue weighted by molar-refractivity contribution is -0.174. The first kappa shape index (κ1) is 15.5. The van der Waals surface area contributed by atoms with E-state index in [1.54, 1.807) is 12.1 Å². The van der Waals surface area contributed by atoms with Gasteiger partial charge in [-0.3, -0.25) is 4.79 Å². The van der Waals surface area contributed by atoms with Gasteiger partial charge in [-0.2, -0.15) is 13.2 Å². The van der Waals surface area contributed by atoms with Crippen LogP contribution in [-0.2, 0) is 10.2 Å². The molecule has 0 bridgehead atoms. The number of benzene rings is 1. The first-order chi connectivity index (χ1) is 8.51. The second-order valence-corrected chi connectivity index (χ2v) is 5.56. The summed E-state index contributed by atoms with van der Waals surface area (Å²) in [6, 6.07) is 6.53. The molecule has 19 heavy (non-hydrogen) atoms. The number of nitrogens with one attached hydrogen (secondary N) is 1. The molecule has 0 aliphatic rings. The number of hydrogen-bond donors (Lipinski definition) is 1. The fraction of sp³-hybridized carbons (Fsp3) is 0.500. The molecular formula is C14H18F3NO. The predicted octanol–water partition coefficient (Wildman–Crippen LogP) is 3.72. The summed E-state index contributed by atoms with van der Waals surface area (Å²) in [7, 11) is 0. The quantitative estimate of drug-likeness (QED) is 0.874. The average molecular weight is 273 g/mol. The Morgan fingerprint density at radius 1 is 1.11 bits per heavy atom. The number of carbonyl (C=O) groups excluding carboxylic acids is 1. The average Bonchev–Trinajstić information content (AvgIpc) is 2.26. The van der Waals surface area contributed by atoms with Gasteiger partial charge in [-0.15, -0.1) is 0 Å². The molecule has 1 N–H and O–H groups in total. The van der Waals surface area contributed by atoms with E-state index in [9.17, 15) is 18.0 Å². The molecule has 2 nitrogen and oxygen atoms in total. The van der Waals surface area contributed by atoms with Gasteiger partial charge in [-0.05, 0) is 23.5 Å². The molecule has 1 atom stereocenters. The maximum Gasteiger partial charge on any atom is 0.471 e. The van der Waals surface area contributed by atoms with Gasteiger partial charge in [-0.1, -0.05) is 45.0 Å². The van der Waals surface area contributed by atoms with Crippen LogP contribution in [-0.4, -0.2) is 12.1 Å². The zero-order valence-electron chi connectivity index (χ0n) is 11.4. The Hall–Kier alpha value is -1.52. The molecule has 0 aliphatic heterocycles. The molecule has 0 aliphatic carbocycles. The van der Waals surface area contributed by atoms with E-state index >= 15 is 0 Å². The van der Waals surface area contributed by atoms with Crippen LogP contribution in [0, 0.1) is 0 Å². The van der Waals surface area contributed by atoms with Crippen LogP contribution in [0.4, 0.5) is 13.2 Å². The van der Waals surface area contributed by atoms with Crippen molar-refractivity contribution in [2.24, 2.45) is 0 Å². The maximum atomic E-state index is 12.1. The second-order valence-electron chi connectivity index (χ2n) is 5.56. The highest BCUT2D eigenvalue weighted by molar-refractivity contribution is 5.82. The number of halogens is 3. The summed E-state index contributed by atoms with van der Waals surface area (Å²) in [6.45, 7) is 7.68. The highest BCUT2D eigenvalue weighted by Crippen LogP contribution is 2.24. The van der Waals surface area contributed by atoms with Crippen molar-refractivity contribution in [1.82, 2.24) is 5.32 Å². The van der Waals surface area contributed by atoms with Crippen LogP contribution in [0.5, 0.6) is 0 Å². The first-order valence-corrected chi connectivity index (χ1v) is 6.00. The Balaban J connectivity index is 2.79. The number of rotatable bonds is 2. The standard InChI is InChI=1S/C14H18F3NO/c1-9(18-12(19)14(15,16)17)10-5-7-11(8-6-10)13(2,3)4/h5-9H,1-4H3,(H,18,19). The van der Waals surface area contributed by atoms with Gasteiger partial charge in [0.1, 0.15) is 0 Å². The molecule has 0 spiro atoms. The van der Waals surface area contributed by atoms with Gasteiger partial charge in [0.25, 0.3) is 0 Å². The molecule has 0 saturated carbocycles. The summed E-state index contributed by atoms with van der Waals surface area (Å²) in [5.74, 6) is -1.92. The summed E-state index contributed by atoms with van der Waals surface area (Å²) in [6.07, 6.45) is -4.85. The van der Waals surface area contributed by atoms with Crippen molar-refractivity contribution in [3.05, 3.63) is 35.4 Å². The monoisotopic (exact) mass is 273 g/mol. The van der Waals surface area contributed by atoms with Crippen molar-refractivity contribution in [2.75, 3.05) is 0 Å². The molecule has 1 aromatic rings. The molecule has 1 unspecified atom stereocenters. The molecule has 1 rings (SSSR count). The van der Waals surface area contributed by atoms with E-state index in [4.69, 9.17) is 0 Å². The fourth-order valence-corrected chi connectivity index (χ4v) is 1.63. The van der Waals surface area contributed by atoms with Gasteiger partial charge in [0.05, 0.1) is 6.04 Å². The zero-order chi connectivity index (χ0) is 14.8. The summed E-state index contributed by atoms with van der Waals surface area (Å²) in [5.41, 5.74) is 1.72. The topological polar surface area (TPSA) is 29.1 Å². The van der Waals surface area contributed by atoms with Gasteiger partial charge in [0, 0.05) is 0 Å². The molecule has 1 aromatic carbocycles. The van der Waals surface area contributed by atoms with Crippen LogP contribution < -0.4 is 5.32 Å². The van der Waals surface area contributed by atoms with Crippen molar-refractivity contribution < 1.29 is 18.0 Å². The number of carbonyl (C=O) groups is 1. The molecule has 1 amide bonds. The molecule has 0 fully saturated rings. The summed E-state index contributed by atoms with van der Waals surface area (Å²) >= 11 is 0. The van der Waals surface area contributed by atoms with Crippen LogP contribution in [0.25, 0.3) is 0 Å². The van der Waals surface area contributed by atoms with Crippen LogP contribution in [0.15, 0.2) is 24.3 Å². The van der Waals surface area contributed by atoms with Gasteiger partial charge < -0.3 is 5.32 Å². The van der Waals surface area contributed by atoms with Gasteiger partial charge in [-0.25, -0.2) is 0 Å². The second kappa shape index (κ2) is 5.23. The third kappa shape index (κ3) is 4.26. The maximum absolute atomic E-state index is 12.1. The van der Waals surface area contributed by atoms with E-state index in [0.29, 0.717) is 5.56 Å². The van der Waals surface area contributed by atoms with Gasteiger partial charge >= 0.3 is 12.1 Å². The SMILES string of the molecule is CC(NC(=O)C(F)(F)F)c1ccc(C(C)(C)C)cc1. The first-order valence-electron chi connectivity index (χ1n) is 6.00. The molecule has 0 aromatic heterocycles. The minimum absolute atomic E-state index is 0.0169. The molecule has 5 heteroatoms. The molecule has 0 radical (unpaired) electrons. The smallest absolute Gasteiger partial charge is 0.342 e. The lowest BCUT2D eigenvalue weighted by Crippen LogP contribution is -2.38. The van der Waals surface area contributed by atoms with Crippen LogP contribution in [0.2, 0.25) is 0 Å². The Bertz CT molecular complexity index is 443. The molecular weight excluding hydrogens is 255 g/mol. The lowest BCUT2D eigenvalue weighted by Gasteiger charge is -2.21. The van der Waals surface area contributed by atoms with Crippen LogP contribution in [0.3, 0.4) is 0 Å². The van der Waals surface area contributed by atoms with Gasteiger partial charge in [0.2, 0.25) is 0 Å². The zero-order valence-corrected chi connectivity index (χ0v) is 11.4. The normalized spacial score (nSPS) is 14.1. The minimum atomic E-state index is -4.85. The van der Waals surface area contributed by atoms with Crippen molar-refractivity contribution in [2.45, 2.75) is 45.3 Å². The third-order valence-electron chi connectivity index (χ3n) is 2.88. The van der Waals surface area contributed by atoms with Crippen molar-refractivity contribution >= 4 is 5.91 Å². The summed E-state index contributed by atoms with van der Waals surface area (Å²) in [4.78, 5) is 10.8. The van der Waals surface area contributed by atoms with E-state index in [2.05, 4.69) is 20.8 Å². The molecule has 0 heterocycles. The van der Waals surface area contributed by atoms with E-state index in [-0.39, 0.29) is 5.41 Å². The van der Waals surface area contributed by atoms with Crippen molar-refractivity contribution in [3.8, 4) is 0 Å². The van der Waals surface area contributed by atoms with E-state index in [1.807, 2.05) is 17.4 Å². The number of hydrogen-bond acceptors (Lipinski definition) is 1. The van der Waals surface area contributed by atoms with E-state index < -0.39 is 18.1 Å². The Labute approximate surface area is 111 Å². The van der Waals surface area contributed by atoms with Crippen LogP contribution >= 0.6 is 0 Å². The highest BCUT2D eigenvalue weighted by atomic mass is 19.4. The Kier molecular flexibility index (Phi) is 4.28.